The quantitative estimate of drug-likeness (QED) is 0.371. The van der Waals surface area contributed by atoms with Crippen LogP contribution in [0.4, 0.5) is 17.1 Å². The Labute approximate surface area is 191 Å². The maximum Gasteiger partial charge on any atom is 0.300 e. The molecule has 0 aliphatic carbocycles. The third-order valence-electron chi connectivity index (χ3n) is 5.26. The largest absolute Gasteiger partial charge is 0.494 e. The average Bonchev–Trinajstić information content (AvgIpc) is 2.77. The minimum absolute atomic E-state index is 0.0507. The van der Waals surface area contributed by atoms with Gasteiger partial charge in [0.25, 0.3) is 17.2 Å². The van der Waals surface area contributed by atoms with Crippen LogP contribution < -0.4 is 5.56 Å². The van der Waals surface area contributed by atoms with E-state index in [1.165, 1.54) is 23.1 Å². The fraction of sp³-hybridized carbons (Fsp3) is 0.455. The number of likely N-dealkylation sites (tertiary alicyclic amines) is 1. The molecule has 0 spiro atoms. The summed E-state index contributed by atoms with van der Waals surface area (Å²) < 4.78 is 1.26. The molecule has 33 heavy (non-hydrogen) atoms. The van der Waals surface area contributed by atoms with Gasteiger partial charge in [-0.2, -0.15) is 0 Å². The van der Waals surface area contributed by atoms with Crippen LogP contribution in [-0.4, -0.2) is 43.7 Å². The molecule has 0 amide bonds. The van der Waals surface area contributed by atoms with Crippen molar-refractivity contribution in [3.05, 3.63) is 55.9 Å². The molecular weight excluding hydrogens is 430 g/mol. The summed E-state index contributed by atoms with van der Waals surface area (Å²) in [6, 6.07) is 5.98. The number of aliphatic carboxylic acids is 1. The van der Waals surface area contributed by atoms with E-state index in [2.05, 4.69) is 15.1 Å². The number of aromatic hydroxyl groups is 1. The second kappa shape index (κ2) is 11.9. The summed E-state index contributed by atoms with van der Waals surface area (Å²) in [7, 11) is 0. The molecule has 0 atom stereocenters. The summed E-state index contributed by atoms with van der Waals surface area (Å²) in [4.78, 5) is 34.7. The lowest BCUT2D eigenvalue weighted by atomic mass is 10.1. The van der Waals surface area contributed by atoms with Gasteiger partial charge >= 0.3 is 0 Å². The van der Waals surface area contributed by atoms with Crippen molar-refractivity contribution in [2.75, 3.05) is 13.1 Å². The second-order valence-electron chi connectivity index (χ2n) is 7.63. The normalized spacial score (nSPS) is 14.0. The van der Waals surface area contributed by atoms with Crippen molar-refractivity contribution in [2.24, 2.45) is 10.2 Å². The standard InChI is InChI=1S/C20H25N5O4.C2H4O2/c1-3-24-19(26)15(13-23-11-7-4-8-12-23)14(2)18(20(24)27)22-21-16-9-5-6-10-17(16)25(28)29;1-2(3)4/h5-6,9-10,26H,3-4,7-8,11-13H2,1-2H3;1H3,(H,3,4). The van der Waals surface area contributed by atoms with Crippen LogP contribution in [-0.2, 0) is 17.9 Å². The molecule has 1 aromatic carbocycles. The third kappa shape index (κ3) is 6.69. The maximum absolute atomic E-state index is 12.8. The van der Waals surface area contributed by atoms with Gasteiger partial charge < -0.3 is 10.2 Å². The summed E-state index contributed by atoms with van der Waals surface area (Å²) in [5.41, 5.74) is 0.707. The number of benzene rings is 1. The zero-order valence-electron chi connectivity index (χ0n) is 19.0. The molecular formula is C22H29N5O6. The van der Waals surface area contributed by atoms with E-state index in [0.29, 0.717) is 17.7 Å². The van der Waals surface area contributed by atoms with E-state index in [9.17, 15) is 20.0 Å². The van der Waals surface area contributed by atoms with Gasteiger partial charge in [0.05, 0.1) is 4.92 Å². The molecule has 1 aliphatic heterocycles. The zero-order valence-corrected chi connectivity index (χ0v) is 19.0. The summed E-state index contributed by atoms with van der Waals surface area (Å²) in [6.45, 7) is 7.27. The summed E-state index contributed by atoms with van der Waals surface area (Å²) in [5, 5.41) is 37.4. The lowest BCUT2D eigenvalue weighted by molar-refractivity contribution is -0.384. The molecule has 0 saturated carbocycles. The van der Waals surface area contributed by atoms with Crippen molar-refractivity contribution in [2.45, 2.75) is 53.1 Å². The number of carboxylic acids is 1. The molecule has 178 valence electrons. The first-order chi connectivity index (χ1) is 15.7. The summed E-state index contributed by atoms with van der Waals surface area (Å²) >= 11 is 0. The van der Waals surface area contributed by atoms with E-state index in [4.69, 9.17) is 9.90 Å². The minimum atomic E-state index is -0.833. The van der Waals surface area contributed by atoms with Crippen molar-refractivity contribution in [3.8, 4) is 5.88 Å². The van der Waals surface area contributed by atoms with Crippen LogP contribution in [0.3, 0.4) is 0 Å². The molecule has 3 rings (SSSR count). The number of carbonyl (C=O) groups is 1. The fourth-order valence-corrected chi connectivity index (χ4v) is 3.61. The number of nitrogens with zero attached hydrogens (tertiary/aromatic N) is 5. The predicted molar refractivity (Wildman–Crippen MR) is 122 cm³/mol. The molecule has 1 aromatic heterocycles. The number of hydrogen-bond donors (Lipinski definition) is 2. The molecule has 2 heterocycles. The fourth-order valence-electron chi connectivity index (χ4n) is 3.61. The Balaban J connectivity index is 0.000000890. The van der Waals surface area contributed by atoms with Crippen molar-refractivity contribution in [3.63, 3.8) is 0 Å². The number of piperidine rings is 1. The second-order valence-corrected chi connectivity index (χ2v) is 7.63. The van der Waals surface area contributed by atoms with E-state index in [1.54, 1.807) is 26.0 Å². The van der Waals surface area contributed by atoms with E-state index < -0.39 is 16.5 Å². The first kappa shape index (κ1) is 25.7. The molecule has 0 radical (unpaired) electrons. The van der Waals surface area contributed by atoms with E-state index in [-0.39, 0.29) is 29.5 Å². The number of nitro groups is 1. The molecule has 2 aromatic rings. The Morgan fingerprint density at radius 3 is 2.36 bits per heavy atom. The monoisotopic (exact) mass is 459 g/mol. The SMILES string of the molecule is CC(=O)O.CCn1c(O)c(CN2CCCCC2)c(C)c(N=Nc2ccccc2[N+](=O)[O-])c1=O. The molecule has 11 heteroatoms. The van der Waals surface area contributed by atoms with Crippen LogP contribution in [0.15, 0.2) is 39.3 Å². The summed E-state index contributed by atoms with van der Waals surface area (Å²) in [6.07, 6.45) is 3.42. The topological polar surface area (TPSA) is 151 Å². The first-order valence-corrected chi connectivity index (χ1v) is 10.7. The number of hydrogen-bond acceptors (Lipinski definition) is 8. The van der Waals surface area contributed by atoms with Crippen LogP contribution in [0.5, 0.6) is 5.88 Å². The van der Waals surface area contributed by atoms with Gasteiger partial charge in [-0.05, 0) is 51.4 Å². The Bertz CT molecular complexity index is 1090. The van der Waals surface area contributed by atoms with Crippen LogP contribution in [0.2, 0.25) is 0 Å². The van der Waals surface area contributed by atoms with Gasteiger partial charge in [0.2, 0.25) is 0 Å². The van der Waals surface area contributed by atoms with Crippen molar-refractivity contribution in [1.82, 2.24) is 9.47 Å². The maximum atomic E-state index is 12.8. The highest BCUT2D eigenvalue weighted by Crippen LogP contribution is 2.31. The highest BCUT2D eigenvalue weighted by molar-refractivity contribution is 5.63. The highest BCUT2D eigenvalue weighted by atomic mass is 16.6. The van der Waals surface area contributed by atoms with Gasteiger partial charge in [-0.15, -0.1) is 10.2 Å². The molecule has 1 fully saturated rings. The van der Waals surface area contributed by atoms with Gasteiger partial charge in [-0.3, -0.25) is 29.2 Å². The lowest BCUT2D eigenvalue weighted by Gasteiger charge is -2.28. The Kier molecular flexibility index (Phi) is 9.22. The number of pyridine rings is 1. The van der Waals surface area contributed by atoms with E-state index in [0.717, 1.165) is 32.9 Å². The summed E-state index contributed by atoms with van der Waals surface area (Å²) in [5.74, 6) is -0.884. The lowest BCUT2D eigenvalue weighted by Crippen LogP contribution is -2.31. The van der Waals surface area contributed by atoms with Crippen LogP contribution >= 0.6 is 0 Å². The Morgan fingerprint density at radius 2 is 1.79 bits per heavy atom. The van der Waals surface area contributed by atoms with Gasteiger partial charge in [0, 0.05) is 31.6 Å². The number of nitro benzene ring substituents is 1. The molecule has 0 bridgehead atoms. The van der Waals surface area contributed by atoms with Gasteiger partial charge in [-0.1, -0.05) is 18.6 Å². The van der Waals surface area contributed by atoms with Crippen molar-refractivity contribution in [1.29, 1.82) is 0 Å². The number of carboxylic acid groups (broad SMARTS) is 1. The Morgan fingerprint density at radius 1 is 1.18 bits per heavy atom. The third-order valence-corrected chi connectivity index (χ3v) is 5.26. The Hall–Kier alpha value is -3.60. The van der Waals surface area contributed by atoms with E-state index >= 15 is 0 Å². The number of rotatable bonds is 6. The number of aromatic nitrogens is 1. The zero-order chi connectivity index (χ0) is 24.5. The van der Waals surface area contributed by atoms with Crippen molar-refractivity contribution < 1.29 is 19.9 Å². The molecule has 0 unspecified atom stereocenters. The molecule has 1 aliphatic rings. The smallest absolute Gasteiger partial charge is 0.300 e. The van der Waals surface area contributed by atoms with Gasteiger partial charge in [-0.25, -0.2) is 0 Å². The van der Waals surface area contributed by atoms with Gasteiger partial charge in [0.15, 0.2) is 17.3 Å². The van der Waals surface area contributed by atoms with Gasteiger partial charge in [0.1, 0.15) is 0 Å². The number of azo groups is 1. The van der Waals surface area contributed by atoms with E-state index in [1.807, 2.05) is 0 Å². The minimum Gasteiger partial charge on any atom is -0.494 e. The van der Waals surface area contributed by atoms with Crippen molar-refractivity contribution >= 4 is 23.0 Å². The predicted octanol–water partition coefficient (Wildman–Crippen LogP) is 4.28. The first-order valence-electron chi connectivity index (χ1n) is 10.7. The highest BCUT2D eigenvalue weighted by Gasteiger charge is 2.22. The molecule has 11 nitrogen and oxygen atoms in total. The average molecular weight is 460 g/mol. The van der Waals surface area contributed by atoms with Crippen LogP contribution in [0.25, 0.3) is 0 Å². The van der Waals surface area contributed by atoms with Crippen LogP contribution in [0, 0.1) is 17.0 Å². The molecule has 2 N–H and O–H groups in total. The number of para-hydroxylation sites is 1. The van der Waals surface area contributed by atoms with Crippen LogP contribution in [0.1, 0.15) is 44.2 Å². The molecule has 1 saturated heterocycles.